The normalized spacial score (nSPS) is 11.8. The fraction of sp³-hybridized carbons (Fsp3) is 0. The van der Waals surface area contributed by atoms with Crippen molar-refractivity contribution in [1.82, 2.24) is 0 Å². The molecule has 0 aliphatic heterocycles. The van der Waals surface area contributed by atoms with Crippen LogP contribution in [0.3, 0.4) is 0 Å². The molecule has 0 fully saturated rings. The second kappa shape index (κ2) is 11.9. The Hall–Kier alpha value is -6.68. The van der Waals surface area contributed by atoms with Crippen LogP contribution in [0.15, 0.2) is 192 Å². The highest BCUT2D eigenvalue weighted by Gasteiger charge is 2.21. The van der Waals surface area contributed by atoms with Crippen molar-refractivity contribution < 1.29 is 4.42 Å². The van der Waals surface area contributed by atoms with Crippen LogP contribution in [-0.4, -0.2) is 0 Å². The van der Waals surface area contributed by atoms with E-state index in [0.29, 0.717) is 0 Å². The fourth-order valence-corrected chi connectivity index (χ4v) is 9.33. The molecule has 0 amide bonds. The Morgan fingerprint density at radius 1 is 0.415 bits per heavy atom. The number of fused-ring (bicyclic) bond motifs is 9. The van der Waals surface area contributed by atoms with Crippen LogP contribution in [0.4, 0.5) is 17.1 Å². The molecular weight excluding hydrogens is 663 g/mol. The molecule has 11 rings (SSSR count). The van der Waals surface area contributed by atoms with Crippen molar-refractivity contribution in [3.63, 3.8) is 0 Å². The van der Waals surface area contributed by atoms with Gasteiger partial charge in [0.25, 0.3) is 0 Å². The van der Waals surface area contributed by atoms with Gasteiger partial charge < -0.3 is 9.32 Å². The third kappa shape index (κ3) is 4.86. The molecule has 2 aromatic heterocycles. The average Bonchev–Trinajstić information content (AvgIpc) is 3.80. The number of nitrogens with zero attached hydrogens (tertiary/aromatic N) is 1. The van der Waals surface area contributed by atoms with E-state index in [-0.39, 0.29) is 0 Å². The molecule has 248 valence electrons. The Balaban J connectivity index is 1.11. The van der Waals surface area contributed by atoms with Gasteiger partial charge in [-0.25, -0.2) is 0 Å². The van der Waals surface area contributed by atoms with Gasteiger partial charge in [0.1, 0.15) is 11.2 Å². The van der Waals surface area contributed by atoms with Gasteiger partial charge in [-0.05, 0) is 87.4 Å². The highest BCUT2D eigenvalue weighted by molar-refractivity contribution is 7.26. The Morgan fingerprint density at radius 3 is 2.00 bits per heavy atom. The Morgan fingerprint density at radius 2 is 1.11 bits per heavy atom. The second-order valence-corrected chi connectivity index (χ2v) is 14.7. The van der Waals surface area contributed by atoms with E-state index in [9.17, 15) is 0 Å². The van der Waals surface area contributed by atoms with Crippen molar-refractivity contribution in [3.05, 3.63) is 188 Å². The van der Waals surface area contributed by atoms with E-state index >= 15 is 0 Å². The number of hydrogen-bond acceptors (Lipinski definition) is 3. The summed E-state index contributed by atoms with van der Waals surface area (Å²) >= 11 is 1.85. The third-order valence-corrected chi connectivity index (χ3v) is 11.8. The van der Waals surface area contributed by atoms with Crippen molar-refractivity contribution >= 4 is 92.1 Å². The zero-order valence-electron chi connectivity index (χ0n) is 28.7. The minimum atomic E-state index is 0.911. The summed E-state index contributed by atoms with van der Waals surface area (Å²) in [4.78, 5) is 2.39. The molecule has 0 radical (unpaired) electrons. The molecule has 0 saturated carbocycles. The SMILES string of the molecule is c1cc(-c2cc3c4ccccc4sc3c3c2oc2ccccc23)cc(N(c2ccc(-c3ccc4ccccc4c3)cc2)c2cccc3ccccc23)c1. The number of para-hydroxylation sites is 1. The van der Waals surface area contributed by atoms with Crippen LogP contribution in [0.2, 0.25) is 0 Å². The Kier molecular flexibility index (Phi) is 6.76. The Bertz CT molecular complexity index is 3180. The lowest BCUT2D eigenvalue weighted by atomic mass is 9.98. The van der Waals surface area contributed by atoms with Crippen LogP contribution in [0.25, 0.3) is 85.9 Å². The first kappa shape index (κ1) is 30.0. The molecule has 0 aliphatic rings. The molecule has 0 spiro atoms. The highest BCUT2D eigenvalue weighted by Crippen LogP contribution is 2.47. The maximum absolute atomic E-state index is 6.74. The van der Waals surface area contributed by atoms with Crippen molar-refractivity contribution in [2.75, 3.05) is 4.90 Å². The van der Waals surface area contributed by atoms with E-state index < -0.39 is 0 Å². The number of furan rings is 1. The summed E-state index contributed by atoms with van der Waals surface area (Å²) in [6.07, 6.45) is 0. The van der Waals surface area contributed by atoms with Gasteiger partial charge in [-0.1, -0.05) is 133 Å². The summed E-state index contributed by atoms with van der Waals surface area (Å²) in [7, 11) is 0. The third-order valence-electron chi connectivity index (χ3n) is 10.6. The molecule has 0 bridgehead atoms. The van der Waals surface area contributed by atoms with E-state index in [1.54, 1.807) is 0 Å². The molecule has 53 heavy (non-hydrogen) atoms. The van der Waals surface area contributed by atoms with Crippen molar-refractivity contribution in [1.29, 1.82) is 0 Å². The first-order valence-corrected chi connectivity index (χ1v) is 18.8. The van der Waals surface area contributed by atoms with E-state index in [4.69, 9.17) is 4.42 Å². The number of benzene rings is 9. The first-order valence-electron chi connectivity index (χ1n) is 18.0. The second-order valence-electron chi connectivity index (χ2n) is 13.7. The zero-order chi connectivity index (χ0) is 34.9. The first-order chi connectivity index (χ1) is 26.3. The highest BCUT2D eigenvalue weighted by atomic mass is 32.1. The van der Waals surface area contributed by atoms with Gasteiger partial charge in [0.2, 0.25) is 0 Å². The molecule has 0 atom stereocenters. The monoisotopic (exact) mass is 693 g/mol. The van der Waals surface area contributed by atoms with Crippen LogP contribution >= 0.6 is 11.3 Å². The smallest absolute Gasteiger partial charge is 0.144 e. The minimum absolute atomic E-state index is 0.911. The largest absolute Gasteiger partial charge is 0.455 e. The van der Waals surface area contributed by atoms with Crippen LogP contribution < -0.4 is 4.90 Å². The molecule has 0 aliphatic carbocycles. The van der Waals surface area contributed by atoms with E-state index in [2.05, 4.69) is 193 Å². The predicted octanol–water partition coefficient (Wildman–Crippen LogP) is 15.1. The quantitative estimate of drug-likeness (QED) is 0.178. The lowest BCUT2D eigenvalue weighted by Gasteiger charge is -2.27. The van der Waals surface area contributed by atoms with Crippen molar-refractivity contribution in [3.8, 4) is 22.3 Å². The summed E-state index contributed by atoms with van der Waals surface area (Å²) in [5.74, 6) is 0. The van der Waals surface area contributed by atoms with Crippen LogP contribution in [0.5, 0.6) is 0 Å². The van der Waals surface area contributed by atoms with Crippen molar-refractivity contribution in [2.45, 2.75) is 0 Å². The van der Waals surface area contributed by atoms with Gasteiger partial charge in [-0.2, -0.15) is 0 Å². The minimum Gasteiger partial charge on any atom is -0.455 e. The molecule has 3 heteroatoms. The van der Waals surface area contributed by atoms with Gasteiger partial charge in [-0.15, -0.1) is 11.3 Å². The summed E-state index contributed by atoms with van der Waals surface area (Å²) in [6.45, 7) is 0. The van der Waals surface area contributed by atoms with Gasteiger partial charge in [-0.3, -0.25) is 0 Å². The maximum atomic E-state index is 6.74. The van der Waals surface area contributed by atoms with Gasteiger partial charge >= 0.3 is 0 Å². The fourth-order valence-electron chi connectivity index (χ4n) is 8.09. The van der Waals surface area contributed by atoms with Crippen LogP contribution in [0.1, 0.15) is 0 Å². The molecule has 0 saturated heterocycles. The molecule has 9 aromatic carbocycles. The summed E-state index contributed by atoms with van der Waals surface area (Å²) in [5, 5.41) is 9.79. The summed E-state index contributed by atoms with van der Waals surface area (Å²) < 4.78 is 9.30. The van der Waals surface area contributed by atoms with E-state index in [1.807, 2.05) is 11.3 Å². The molecule has 2 heterocycles. The van der Waals surface area contributed by atoms with Gasteiger partial charge in [0, 0.05) is 53.3 Å². The molecule has 0 N–H and O–H groups in total. The molecule has 11 aromatic rings. The van der Waals surface area contributed by atoms with E-state index in [1.165, 1.54) is 58.2 Å². The number of anilines is 3. The van der Waals surface area contributed by atoms with Crippen LogP contribution in [0, 0.1) is 0 Å². The van der Waals surface area contributed by atoms with Crippen molar-refractivity contribution in [2.24, 2.45) is 0 Å². The molecule has 2 nitrogen and oxygen atoms in total. The molecular formula is C50H31NOS. The van der Waals surface area contributed by atoms with Gasteiger partial charge in [0.15, 0.2) is 0 Å². The van der Waals surface area contributed by atoms with Gasteiger partial charge in [0.05, 0.1) is 5.69 Å². The lowest BCUT2D eigenvalue weighted by Crippen LogP contribution is -2.10. The summed E-state index contributed by atoms with van der Waals surface area (Å²) in [6, 6.07) is 67.9. The van der Waals surface area contributed by atoms with Crippen LogP contribution in [-0.2, 0) is 0 Å². The number of rotatable bonds is 5. The summed E-state index contributed by atoms with van der Waals surface area (Å²) in [5.41, 5.74) is 9.75. The van der Waals surface area contributed by atoms with E-state index in [0.717, 1.165) is 44.7 Å². The zero-order valence-corrected chi connectivity index (χ0v) is 29.5. The average molecular weight is 694 g/mol. The Labute approximate surface area is 310 Å². The predicted molar refractivity (Wildman–Crippen MR) is 227 cm³/mol. The standard InChI is InChI=1S/C50H31NOS/c1-2-13-35-29-36(24-23-32(35)11-1)33-25-27-38(28-26-33)51(45-20-10-14-34-12-3-4-17-40(34)45)39-16-9-15-37(30-39)43-31-44-41-18-6-8-22-47(41)53-50(44)48-42-19-5-7-21-46(42)52-49(43)48/h1-31H. The number of hydrogen-bond donors (Lipinski definition) is 0. The topological polar surface area (TPSA) is 16.4 Å². The number of thiophene rings is 1. The lowest BCUT2D eigenvalue weighted by molar-refractivity contribution is 0.670. The molecule has 0 unspecified atom stereocenters. The maximum Gasteiger partial charge on any atom is 0.144 e.